The minimum absolute atomic E-state index is 0.0353. The lowest BCUT2D eigenvalue weighted by atomic mass is 9.60. The van der Waals surface area contributed by atoms with Gasteiger partial charge in [-0.2, -0.15) is 0 Å². The van der Waals surface area contributed by atoms with E-state index in [9.17, 15) is 14.7 Å². The fourth-order valence-corrected chi connectivity index (χ4v) is 4.90. The predicted octanol–water partition coefficient (Wildman–Crippen LogP) is 3.52. The second-order valence-electron chi connectivity index (χ2n) is 8.08. The van der Waals surface area contributed by atoms with Crippen molar-refractivity contribution < 1.29 is 19.4 Å². The lowest BCUT2D eigenvalue weighted by molar-refractivity contribution is -0.163. The number of fused-ring (bicyclic) bond motifs is 1. The van der Waals surface area contributed by atoms with E-state index >= 15 is 0 Å². The maximum Gasteiger partial charge on any atom is 0.333 e. The zero-order valence-corrected chi connectivity index (χ0v) is 15.7. The molecule has 5 atom stereocenters. The van der Waals surface area contributed by atoms with Crippen LogP contribution in [0.3, 0.4) is 0 Å². The summed E-state index contributed by atoms with van der Waals surface area (Å²) in [4.78, 5) is 24.0. The highest BCUT2D eigenvalue weighted by molar-refractivity contribution is 5.87. The van der Waals surface area contributed by atoms with Crippen LogP contribution in [0.1, 0.15) is 60.3 Å². The molecule has 4 heteroatoms. The monoisotopic (exact) mass is 336 g/mol. The molecule has 0 radical (unpaired) electrons. The molecular formula is C20H32O4. The fraction of sp³-hybridized carbons (Fsp3) is 0.800. The number of esters is 1. The van der Waals surface area contributed by atoms with Crippen molar-refractivity contribution in [2.45, 2.75) is 65.9 Å². The van der Waals surface area contributed by atoms with E-state index in [0.29, 0.717) is 23.8 Å². The predicted molar refractivity (Wildman–Crippen MR) is 93.3 cm³/mol. The van der Waals surface area contributed by atoms with Crippen LogP contribution < -0.4 is 0 Å². The molecule has 1 N–H and O–H groups in total. The first-order valence-electron chi connectivity index (χ1n) is 9.24. The SMILES string of the molecule is CC=C(C)C(=O)OCC1(O)CCC(C(C)C)C2C(C(C)=O)CCC21. The molecule has 2 rings (SSSR count). The lowest BCUT2D eigenvalue weighted by Crippen LogP contribution is -2.52. The van der Waals surface area contributed by atoms with Gasteiger partial charge in [-0.15, -0.1) is 0 Å². The quantitative estimate of drug-likeness (QED) is 0.616. The van der Waals surface area contributed by atoms with Crippen molar-refractivity contribution in [2.24, 2.45) is 29.6 Å². The van der Waals surface area contributed by atoms with Crippen molar-refractivity contribution in [3.63, 3.8) is 0 Å². The number of ether oxygens (including phenoxy) is 1. The van der Waals surface area contributed by atoms with Gasteiger partial charge in [0.15, 0.2) is 0 Å². The van der Waals surface area contributed by atoms with Gasteiger partial charge in [0.2, 0.25) is 0 Å². The van der Waals surface area contributed by atoms with Gasteiger partial charge in [0, 0.05) is 11.5 Å². The molecule has 0 aliphatic heterocycles. The number of ketones is 1. The molecular weight excluding hydrogens is 304 g/mol. The number of aliphatic hydroxyl groups is 1. The van der Waals surface area contributed by atoms with E-state index in [0.717, 1.165) is 19.3 Å². The zero-order chi connectivity index (χ0) is 18.1. The highest BCUT2D eigenvalue weighted by atomic mass is 16.5. The molecule has 2 fully saturated rings. The van der Waals surface area contributed by atoms with Gasteiger partial charge >= 0.3 is 5.97 Å². The molecule has 4 nitrogen and oxygen atoms in total. The summed E-state index contributed by atoms with van der Waals surface area (Å²) in [5, 5.41) is 11.2. The number of rotatable bonds is 5. The molecule has 0 aromatic rings. The van der Waals surface area contributed by atoms with Gasteiger partial charge in [0.05, 0.1) is 0 Å². The van der Waals surface area contributed by atoms with E-state index < -0.39 is 5.60 Å². The molecule has 0 bridgehead atoms. The van der Waals surface area contributed by atoms with Gasteiger partial charge < -0.3 is 9.84 Å². The molecule has 0 aromatic heterocycles. The first-order valence-corrected chi connectivity index (χ1v) is 9.24. The van der Waals surface area contributed by atoms with Gasteiger partial charge in [-0.05, 0) is 70.1 Å². The van der Waals surface area contributed by atoms with Crippen LogP contribution in [-0.4, -0.2) is 29.1 Å². The fourth-order valence-electron chi connectivity index (χ4n) is 4.90. The minimum Gasteiger partial charge on any atom is -0.459 e. The Morgan fingerprint density at radius 3 is 2.46 bits per heavy atom. The lowest BCUT2D eigenvalue weighted by Gasteiger charge is -2.47. The number of hydrogen-bond donors (Lipinski definition) is 1. The van der Waals surface area contributed by atoms with Gasteiger partial charge in [-0.1, -0.05) is 19.9 Å². The summed E-state index contributed by atoms with van der Waals surface area (Å²) in [6, 6.07) is 0. The number of hydrogen-bond acceptors (Lipinski definition) is 4. The van der Waals surface area contributed by atoms with E-state index in [1.807, 2.05) is 0 Å². The van der Waals surface area contributed by atoms with Crippen LogP contribution in [0.15, 0.2) is 11.6 Å². The van der Waals surface area contributed by atoms with Gasteiger partial charge in [0.25, 0.3) is 0 Å². The molecule has 0 saturated heterocycles. The van der Waals surface area contributed by atoms with E-state index in [1.165, 1.54) is 0 Å². The van der Waals surface area contributed by atoms with Crippen LogP contribution in [-0.2, 0) is 14.3 Å². The van der Waals surface area contributed by atoms with Crippen molar-refractivity contribution >= 4 is 11.8 Å². The summed E-state index contributed by atoms with van der Waals surface area (Å²) in [5.74, 6) is 1.12. The third-order valence-corrected chi connectivity index (χ3v) is 6.40. The molecule has 5 unspecified atom stereocenters. The summed E-state index contributed by atoms with van der Waals surface area (Å²) in [5.41, 5.74) is -0.441. The third-order valence-electron chi connectivity index (χ3n) is 6.40. The normalized spacial score (nSPS) is 36.5. The molecule has 0 spiro atoms. The molecule has 0 aromatic carbocycles. The summed E-state index contributed by atoms with van der Waals surface area (Å²) in [7, 11) is 0. The summed E-state index contributed by atoms with van der Waals surface area (Å²) >= 11 is 0. The van der Waals surface area contributed by atoms with Crippen LogP contribution in [0, 0.1) is 29.6 Å². The van der Waals surface area contributed by atoms with Crippen LogP contribution in [0.4, 0.5) is 0 Å². The van der Waals surface area contributed by atoms with Crippen LogP contribution in [0.5, 0.6) is 0 Å². The Morgan fingerprint density at radius 2 is 1.92 bits per heavy atom. The third kappa shape index (κ3) is 3.58. The summed E-state index contributed by atoms with van der Waals surface area (Å²) in [6.45, 7) is 9.63. The van der Waals surface area contributed by atoms with Crippen LogP contribution >= 0.6 is 0 Å². The summed E-state index contributed by atoms with van der Waals surface area (Å²) in [6.07, 6.45) is 4.93. The van der Waals surface area contributed by atoms with E-state index in [-0.39, 0.29) is 36.1 Å². The van der Waals surface area contributed by atoms with Crippen molar-refractivity contribution in [1.82, 2.24) is 0 Å². The Morgan fingerprint density at radius 1 is 1.25 bits per heavy atom. The first-order chi connectivity index (χ1) is 11.2. The van der Waals surface area contributed by atoms with Crippen molar-refractivity contribution in [2.75, 3.05) is 6.61 Å². The number of carbonyl (C=O) groups excluding carboxylic acids is 2. The van der Waals surface area contributed by atoms with Gasteiger partial charge in [-0.25, -0.2) is 4.79 Å². The number of Topliss-reactive ketones (excluding diaryl/α,β-unsaturated/α-hetero) is 1. The van der Waals surface area contributed by atoms with E-state index in [4.69, 9.17) is 4.74 Å². The number of carbonyl (C=O) groups is 2. The smallest absolute Gasteiger partial charge is 0.333 e. The average molecular weight is 336 g/mol. The Hall–Kier alpha value is -1.16. The number of allylic oxidation sites excluding steroid dienone is 1. The second kappa shape index (κ2) is 7.38. The van der Waals surface area contributed by atoms with Crippen LogP contribution in [0.25, 0.3) is 0 Å². The molecule has 2 saturated carbocycles. The Labute approximate surface area is 145 Å². The molecule has 2 aliphatic carbocycles. The molecule has 24 heavy (non-hydrogen) atoms. The highest BCUT2D eigenvalue weighted by Crippen LogP contribution is 2.55. The molecule has 136 valence electrons. The average Bonchev–Trinajstić information content (AvgIpc) is 2.98. The maximum atomic E-state index is 12.1. The van der Waals surface area contributed by atoms with Crippen molar-refractivity contribution in [1.29, 1.82) is 0 Å². The summed E-state index contributed by atoms with van der Waals surface area (Å²) < 4.78 is 5.39. The zero-order valence-electron chi connectivity index (χ0n) is 15.7. The highest BCUT2D eigenvalue weighted by Gasteiger charge is 2.55. The Kier molecular flexibility index (Phi) is 5.90. The molecule has 2 aliphatic rings. The van der Waals surface area contributed by atoms with Gasteiger partial charge in [-0.3, -0.25) is 4.79 Å². The second-order valence-corrected chi connectivity index (χ2v) is 8.08. The van der Waals surface area contributed by atoms with Crippen molar-refractivity contribution in [3.8, 4) is 0 Å². The van der Waals surface area contributed by atoms with Crippen molar-refractivity contribution in [3.05, 3.63) is 11.6 Å². The molecule has 0 heterocycles. The van der Waals surface area contributed by atoms with E-state index in [1.54, 1.807) is 26.8 Å². The topological polar surface area (TPSA) is 63.6 Å². The van der Waals surface area contributed by atoms with Crippen LogP contribution in [0.2, 0.25) is 0 Å². The largest absolute Gasteiger partial charge is 0.459 e. The maximum absolute atomic E-state index is 12.1. The van der Waals surface area contributed by atoms with Gasteiger partial charge in [0.1, 0.15) is 18.0 Å². The minimum atomic E-state index is -0.996. The Bertz CT molecular complexity index is 522. The standard InChI is InChI=1S/C20H32O4/c1-6-13(4)19(22)24-11-20(23)10-9-15(12(2)3)18-16(14(5)21)7-8-17(18)20/h6,12,15-18,23H,7-11H2,1-5H3. The Balaban J connectivity index is 2.18. The molecule has 0 amide bonds. The first kappa shape index (κ1) is 19.2. The van der Waals surface area contributed by atoms with E-state index in [2.05, 4.69) is 13.8 Å².